The summed E-state index contributed by atoms with van der Waals surface area (Å²) >= 11 is 0. The third-order valence-corrected chi connectivity index (χ3v) is 13.4. The highest BCUT2D eigenvalue weighted by Crippen LogP contribution is 2.57. The van der Waals surface area contributed by atoms with Crippen molar-refractivity contribution in [2.75, 3.05) is 18.1 Å². The van der Waals surface area contributed by atoms with Crippen LogP contribution in [0.4, 0.5) is 30.7 Å². The molecule has 0 N–H and O–H groups in total. The number of hydrogen-bond donors (Lipinski definition) is 0. The van der Waals surface area contributed by atoms with Gasteiger partial charge in [0.25, 0.3) is 0 Å². The fraction of sp³-hybridized carbons (Fsp3) is 0.536. The second-order valence-electron chi connectivity index (χ2n) is 11.4. The van der Waals surface area contributed by atoms with Crippen LogP contribution in [0, 0.1) is 5.92 Å². The molecule has 0 spiro atoms. The summed E-state index contributed by atoms with van der Waals surface area (Å²) in [6.07, 6.45) is -12.7. The van der Waals surface area contributed by atoms with Crippen molar-refractivity contribution in [2.45, 2.75) is 72.7 Å². The van der Waals surface area contributed by atoms with Crippen LogP contribution in [0.15, 0.2) is 47.4 Å². The Morgan fingerprint density at radius 2 is 1.60 bits per heavy atom. The molecule has 0 aromatic heterocycles. The van der Waals surface area contributed by atoms with E-state index < -0.39 is 71.6 Å². The average Bonchev–Trinajstić information content (AvgIpc) is 3.51. The first-order chi connectivity index (χ1) is 19.8. The number of likely N-dealkylation sites (tertiary alicyclic amines) is 1. The molecule has 2 aromatic carbocycles. The van der Waals surface area contributed by atoms with Crippen molar-refractivity contribution >= 4 is 25.6 Å². The van der Waals surface area contributed by atoms with Crippen LogP contribution in [0.3, 0.4) is 0 Å². The number of alkyl halides is 7. The van der Waals surface area contributed by atoms with Crippen molar-refractivity contribution in [1.29, 1.82) is 0 Å². The maximum atomic E-state index is 15.0. The van der Waals surface area contributed by atoms with Gasteiger partial charge in [-0.05, 0) is 60.9 Å². The van der Waals surface area contributed by atoms with Gasteiger partial charge >= 0.3 is 18.0 Å². The predicted octanol–water partition coefficient (Wildman–Crippen LogP) is 5.19. The number of halogens is 7. The van der Waals surface area contributed by atoms with E-state index in [1.807, 2.05) is 6.92 Å². The smallest absolute Gasteiger partial charge is 0.337 e. The summed E-state index contributed by atoms with van der Waals surface area (Å²) in [5, 5.41) is 0. The molecule has 15 heteroatoms. The van der Waals surface area contributed by atoms with E-state index in [0.717, 1.165) is 11.6 Å². The van der Waals surface area contributed by atoms with E-state index >= 15 is 0 Å². The zero-order valence-corrected chi connectivity index (χ0v) is 24.4. The van der Waals surface area contributed by atoms with Gasteiger partial charge in [0.05, 0.1) is 28.4 Å². The lowest BCUT2D eigenvalue weighted by Crippen LogP contribution is -2.53. The normalized spacial score (nSPS) is 25.8. The molecule has 236 valence electrons. The lowest BCUT2D eigenvalue weighted by molar-refractivity contribution is -0.348. The Morgan fingerprint density at radius 1 is 0.977 bits per heavy atom. The molecule has 1 aliphatic carbocycles. The fourth-order valence-electron chi connectivity index (χ4n) is 6.83. The van der Waals surface area contributed by atoms with E-state index in [1.165, 1.54) is 17.0 Å². The van der Waals surface area contributed by atoms with E-state index in [9.17, 15) is 52.4 Å². The van der Waals surface area contributed by atoms with E-state index in [0.29, 0.717) is 18.6 Å². The summed E-state index contributed by atoms with van der Waals surface area (Å²) in [7, 11) is -7.94. The molecule has 6 nitrogen and oxygen atoms in total. The van der Waals surface area contributed by atoms with Gasteiger partial charge in [0.2, 0.25) is 5.91 Å². The fourth-order valence-corrected chi connectivity index (χ4v) is 10.9. The molecule has 2 saturated heterocycles. The van der Waals surface area contributed by atoms with Crippen molar-refractivity contribution in [3.63, 3.8) is 0 Å². The van der Waals surface area contributed by atoms with Crippen LogP contribution in [-0.2, 0) is 47.7 Å². The number of sulfone groups is 2. The molecular formula is C28H28F7NO5S2. The van der Waals surface area contributed by atoms with Gasteiger partial charge in [-0.25, -0.2) is 21.2 Å². The van der Waals surface area contributed by atoms with Crippen LogP contribution < -0.4 is 0 Å². The summed E-state index contributed by atoms with van der Waals surface area (Å²) in [5.41, 5.74) is -6.90. The molecule has 3 atom stereocenters. The Morgan fingerprint density at radius 3 is 2.14 bits per heavy atom. The lowest BCUT2D eigenvalue weighted by Gasteiger charge is -2.43. The second-order valence-corrected chi connectivity index (χ2v) is 15.8. The minimum absolute atomic E-state index is 0.0516. The highest BCUT2D eigenvalue weighted by molar-refractivity contribution is 7.92. The maximum Gasteiger partial charge on any atom is 0.435 e. The van der Waals surface area contributed by atoms with Crippen LogP contribution >= 0.6 is 0 Å². The molecule has 2 aliphatic heterocycles. The van der Waals surface area contributed by atoms with Gasteiger partial charge in [-0.2, -0.15) is 26.3 Å². The van der Waals surface area contributed by atoms with Crippen LogP contribution in [-0.4, -0.2) is 64.1 Å². The number of carbonyl (C=O) groups is 1. The third-order valence-electron chi connectivity index (χ3n) is 9.05. The van der Waals surface area contributed by atoms with Crippen LogP contribution in [0.2, 0.25) is 0 Å². The number of aryl methyl sites for hydroxylation is 2. The average molecular weight is 656 g/mol. The summed E-state index contributed by atoms with van der Waals surface area (Å²) in [4.78, 5) is 14.7. The molecular weight excluding hydrogens is 627 g/mol. The first kappa shape index (κ1) is 31.7. The van der Waals surface area contributed by atoms with E-state index in [2.05, 4.69) is 0 Å². The summed E-state index contributed by atoms with van der Waals surface area (Å²) in [6, 6.07) is 6.33. The Kier molecular flexibility index (Phi) is 7.51. The zero-order valence-electron chi connectivity index (χ0n) is 22.8. The van der Waals surface area contributed by atoms with Crippen LogP contribution in [0.25, 0.3) is 0 Å². The highest BCUT2D eigenvalue weighted by atomic mass is 32.2. The van der Waals surface area contributed by atoms with E-state index in [1.54, 1.807) is 12.1 Å². The minimum Gasteiger partial charge on any atom is -0.337 e. The van der Waals surface area contributed by atoms with Gasteiger partial charge in [-0.1, -0.05) is 37.3 Å². The van der Waals surface area contributed by atoms with Crippen LogP contribution in [0.5, 0.6) is 0 Å². The van der Waals surface area contributed by atoms with Gasteiger partial charge in [-0.3, -0.25) is 4.79 Å². The van der Waals surface area contributed by atoms with Gasteiger partial charge < -0.3 is 4.90 Å². The molecule has 3 aliphatic rings. The van der Waals surface area contributed by atoms with Gasteiger partial charge in [-0.15, -0.1) is 0 Å². The Bertz CT molecular complexity index is 1640. The summed E-state index contributed by atoms with van der Waals surface area (Å²) in [5.74, 6) is -2.08. The molecule has 0 bridgehead atoms. The molecule has 2 aromatic rings. The molecule has 0 radical (unpaired) electrons. The Hall–Kier alpha value is -2.68. The SMILES string of the molecule is CCc1ccc(S(=O)(=O)C23CCN(C(=O)[C@@H]4CCS(=O)(=O)C4)C2CCc2cc(C(F)(C(F)(F)F)C(F)(F)F)ccc23)cc1. The van der Waals surface area contributed by atoms with Crippen molar-refractivity contribution in [1.82, 2.24) is 4.90 Å². The molecule has 5 rings (SSSR count). The molecule has 1 amide bonds. The first-order valence-electron chi connectivity index (χ1n) is 13.6. The Balaban J connectivity index is 1.68. The monoisotopic (exact) mass is 655 g/mol. The molecule has 0 saturated carbocycles. The molecule has 2 unspecified atom stereocenters. The summed E-state index contributed by atoms with van der Waals surface area (Å²) in [6.45, 7) is 1.72. The van der Waals surface area contributed by atoms with E-state index in [-0.39, 0.29) is 54.0 Å². The highest BCUT2D eigenvalue weighted by Gasteiger charge is 2.74. The lowest BCUT2D eigenvalue weighted by atomic mass is 9.76. The number of rotatable bonds is 5. The molecule has 2 fully saturated rings. The van der Waals surface area contributed by atoms with Crippen molar-refractivity contribution < 1.29 is 52.4 Å². The van der Waals surface area contributed by atoms with E-state index in [4.69, 9.17) is 0 Å². The Labute approximate surface area is 244 Å². The largest absolute Gasteiger partial charge is 0.435 e. The molecule has 43 heavy (non-hydrogen) atoms. The number of fused-ring (bicyclic) bond motifs is 3. The number of benzene rings is 2. The minimum atomic E-state index is -6.35. The van der Waals surface area contributed by atoms with Crippen molar-refractivity contribution in [2.24, 2.45) is 5.92 Å². The summed E-state index contributed by atoms with van der Waals surface area (Å²) < 4.78 is 147. The maximum absolute atomic E-state index is 15.0. The number of carbonyl (C=O) groups excluding carboxylic acids is 1. The van der Waals surface area contributed by atoms with Crippen molar-refractivity contribution in [3.8, 4) is 0 Å². The van der Waals surface area contributed by atoms with Crippen LogP contribution in [0.1, 0.15) is 48.4 Å². The number of amides is 1. The van der Waals surface area contributed by atoms with Gasteiger partial charge in [0, 0.05) is 12.1 Å². The number of hydrogen-bond acceptors (Lipinski definition) is 5. The van der Waals surface area contributed by atoms with Crippen molar-refractivity contribution in [3.05, 3.63) is 64.7 Å². The van der Waals surface area contributed by atoms with Gasteiger partial charge in [0.1, 0.15) is 4.75 Å². The topological polar surface area (TPSA) is 88.6 Å². The molecule has 2 heterocycles. The predicted molar refractivity (Wildman–Crippen MR) is 141 cm³/mol. The standard InChI is InChI=1S/C28H28F7NO5S2/c1-2-17-3-7-21(8-4-17)43(40,41)25-12-13-36(24(37)19-11-14-42(38,39)16-19)23(25)10-5-18-15-20(6-9-22(18)25)26(29,27(30,31)32)28(33,34)35/h3-4,6-9,15,19,23H,2,5,10-14,16H2,1H3/t19-,23?,25?/m1/s1. The second kappa shape index (κ2) is 10.2. The quantitative estimate of drug-likeness (QED) is 0.414. The third kappa shape index (κ3) is 4.75. The number of nitrogens with zero attached hydrogens (tertiary/aromatic N) is 1. The zero-order chi connectivity index (χ0) is 31.8. The van der Waals surface area contributed by atoms with Gasteiger partial charge in [0.15, 0.2) is 19.7 Å². The first-order valence-corrected chi connectivity index (χ1v) is 16.9.